The molecular formula is C13H15N5O3. The van der Waals surface area contributed by atoms with Crippen LogP contribution in [0.3, 0.4) is 0 Å². The van der Waals surface area contributed by atoms with Crippen LogP contribution in [0, 0.1) is 0 Å². The summed E-state index contributed by atoms with van der Waals surface area (Å²) < 4.78 is 6.08. The van der Waals surface area contributed by atoms with Gasteiger partial charge in [0.15, 0.2) is 5.69 Å². The van der Waals surface area contributed by atoms with Crippen LogP contribution < -0.4 is 16.0 Å². The van der Waals surface area contributed by atoms with Crippen molar-refractivity contribution in [3.8, 4) is 5.75 Å². The van der Waals surface area contributed by atoms with Crippen LogP contribution in [0.25, 0.3) is 0 Å². The number of anilines is 1. The normalized spacial score (nSPS) is 11.0. The van der Waals surface area contributed by atoms with Gasteiger partial charge in [0, 0.05) is 6.92 Å². The Labute approximate surface area is 120 Å². The van der Waals surface area contributed by atoms with Crippen LogP contribution in [-0.4, -0.2) is 22.3 Å². The van der Waals surface area contributed by atoms with E-state index in [-0.39, 0.29) is 11.5 Å². The van der Waals surface area contributed by atoms with E-state index in [1.54, 1.807) is 24.3 Å². The lowest BCUT2D eigenvalue weighted by Crippen LogP contribution is -2.21. The average Bonchev–Trinajstić information content (AvgIpc) is 2.74. The van der Waals surface area contributed by atoms with Crippen LogP contribution >= 0.6 is 0 Å². The van der Waals surface area contributed by atoms with Gasteiger partial charge in [0.05, 0.1) is 12.3 Å². The molecule has 0 radical (unpaired) electrons. The van der Waals surface area contributed by atoms with E-state index in [1.165, 1.54) is 6.92 Å². The minimum atomic E-state index is -0.630. The van der Waals surface area contributed by atoms with Crippen molar-refractivity contribution < 1.29 is 9.53 Å². The molecule has 0 fully saturated rings. The van der Waals surface area contributed by atoms with Crippen molar-refractivity contribution in [2.45, 2.75) is 13.8 Å². The summed E-state index contributed by atoms with van der Waals surface area (Å²) >= 11 is 0. The summed E-state index contributed by atoms with van der Waals surface area (Å²) in [5, 5.41) is 10.1. The van der Waals surface area contributed by atoms with E-state index in [4.69, 9.17) is 10.5 Å². The van der Waals surface area contributed by atoms with Gasteiger partial charge in [-0.15, -0.1) is 5.11 Å². The number of rotatable bonds is 4. The molecule has 8 heteroatoms. The summed E-state index contributed by atoms with van der Waals surface area (Å²) in [6.07, 6.45) is 0. The predicted molar refractivity (Wildman–Crippen MR) is 77.6 cm³/mol. The molecule has 0 aliphatic carbocycles. The molecule has 3 N–H and O–H groups in total. The Balaban J connectivity index is 2.25. The molecule has 0 aliphatic rings. The molecule has 1 aromatic carbocycles. The molecule has 0 aliphatic heterocycles. The average molecular weight is 289 g/mol. The van der Waals surface area contributed by atoms with E-state index in [9.17, 15) is 9.59 Å². The quantitative estimate of drug-likeness (QED) is 0.839. The molecular weight excluding hydrogens is 274 g/mol. The number of hydrogen-bond acceptors (Lipinski definition) is 6. The van der Waals surface area contributed by atoms with Gasteiger partial charge in [-0.05, 0) is 31.2 Å². The van der Waals surface area contributed by atoms with Gasteiger partial charge in [-0.25, -0.2) is 0 Å². The summed E-state index contributed by atoms with van der Waals surface area (Å²) in [5.74, 6) is 0.232. The number of carbonyl (C=O) groups is 1. The Morgan fingerprint density at radius 2 is 2.00 bits per heavy atom. The maximum absolute atomic E-state index is 11.8. The molecule has 0 saturated heterocycles. The highest BCUT2D eigenvalue weighted by molar-refractivity contribution is 5.77. The van der Waals surface area contributed by atoms with Crippen LogP contribution in [0.4, 0.5) is 17.2 Å². The van der Waals surface area contributed by atoms with Crippen molar-refractivity contribution in [1.29, 1.82) is 0 Å². The van der Waals surface area contributed by atoms with Crippen molar-refractivity contribution in [2.24, 2.45) is 10.2 Å². The van der Waals surface area contributed by atoms with E-state index in [0.29, 0.717) is 12.3 Å². The number of nitrogens with zero attached hydrogens (tertiary/aromatic N) is 3. The van der Waals surface area contributed by atoms with Gasteiger partial charge in [-0.3, -0.25) is 14.7 Å². The molecule has 0 bridgehead atoms. The maximum atomic E-state index is 11.8. The number of aromatic nitrogens is 2. The molecule has 1 heterocycles. The van der Waals surface area contributed by atoms with Gasteiger partial charge in [-0.1, -0.05) is 0 Å². The largest absolute Gasteiger partial charge is 0.494 e. The van der Waals surface area contributed by atoms with Crippen molar-refractivity contribution in [1.82, 2.24) is 9.78 Å². The zero-order valence-electron chi connectivity index (χ0n) is 11.7. The Bertz CT molecular complexity index is 727. The van der Waals surface area contributed by atoms with E-state index in [2.05, 4.69) is 15.3 Å². The van der Waals surface area contributed by atoms with E-state index >= 15 is 0 Å². The van der Waals surface area contributed by atoms with Gasteiger partial charge < -0.3 is 10.5 Å². The third-order valence-corrected chi connectivity index (χ3v) is 2.62. The fourth-order valence-electron chi connectivity index (χ4n) is 1.65. The second-order valence-electron chi connectivity index (χ2n) is 4.16. The first-order valence-corrected chi connectivity index (χ1v) is 6.29. The zero-order chi connectivity index (χ0) is 15.4. The highest BCUT2D eigenvalue weighted by Gasteiger charge is 2.13. The molecule has 21 heavy (non-hydrogen) atoms. The second-order valence-corrected chi connectivity index (χ2v) is 4.16. The molecule has 110 valence electrons. The Hall–Kier alpha value is -2.90. The summed E-state index contributed by atoms with van der Waals surface area (Å²) in [6, 6.07) is 6.88. The van der Waals surface area contributed by atoms with Crippen molar-refractivity contribution in [3.05, 3.63) is 34.6 Å². The standard InChI is InChI=1S/C13H15N5O3/c1-3-21-10-6-4-9(5-7-10)15-16-11-12(14)17-18(8(2)19)13(11)20/h4-7,17H,3,14H2,1-2H3. The highest BCUT2D eigenvalue weighted by atomic mass is 16.5. The van der Waals surface area contributed by atoms with Crippen molar-refractivity contribution in [2.75, 3.05) is 12.3 Å². The van der Waals surface area contributed by atoms with Crippen LogP contribution in [0.1, 0.15) is 18.6 Å². The van der Waals surface area contributed by atoms with Crippen LogP contribution in [0.5, 0.6) is 5.75 Å². The van der Waals surface area contributed by atoms with Gasteiger partial charge in [0.2, 0.25) is 5.91 Å². The topological polar surface area (TPSA) is 115 Å². The maximum Gasteiger partial charge on any atom is 0.303 e. The summed E-state index contributed by atoms with van der Waals surface area (Å²) in [6.45, 7) is 3.71. The number of hydrogen-bond donors (Lipinski definition) is 2. The number of nitrogens with one attached hydrogen (secondary N) is 1. The Morgan fingerprint density at radius 1 is 1.33 bits per heavy atom. The van der Waals surface area contributed by atoms with Crippen LogP contribution in [-0.2, 0) is 0 Å². The molecule has 2 rings (SSSR count). The monoisotopic (exact) mass is 289 g/mol. The van der Waals surface area contributed by atoms with Gasteiger partial charge >= 0.3 is 5.56 Å². The van der Waals surface area contributed by atoms with E-state index in [1.807, 2.05) is 6.92 Å². The molecule has 1 aromatic heterocycles. The van der Waals surface area contributed by atoms with Gasteiger partial charge in [0.1, 0.15) is 11.6 Å². The summed E-state index contributed by atoms with van der Waals surface area (Å²) in [4.78, 5) is 23.0. The third-order valence-electron chi connectivity index (χ3n) is 2.62. The summed E-state index contributed by atoms with van der Waals surface area (Å²) in [7, 11) is 0. The fraction of sp³-hybridized carbons (Fsp3) is 0.231. The minimum Gasteiger partial charge on any atom is -0.494 e. The van der Waals surface area contributed by atoms with Crippen LogP contribution in [0.15, 0.2) is 39.3 Å². The fourth-order valence-corrected chi connectivity index (χ4v) is 1.65. The zero-order valence-corrected chi connectivity index (χ0v) is 11.7. The SMILES string of the molecule is CCOc1ccc(N=Nc2c(N)[nH]n(C(C)=O)c2=O)cc1. The number of aromatic amines is 1. The number of ether oxygens (including phenoxy) is 1. The number of nitrogens with two attached hydrogens (primary N) is 1. The summed E-state index contributed by atoms with van der Waals surface area (Å²) in [5.41, 5.74) is 5.41. The van der Waals surface area contributed by atoms with E-state index < -0.39 is 11.5 Å². The van der Waals surface area contributed by atoms with Crippen molar-refractivity contribution >= 4 is 23.1 Å². The molecule has 8 nitrogen and oxygen atoms in total. The first kappa shape index (κ1) is 14.5. The molecule has 0 saturated carbocycles. The first-order chi connectivity index (χ1) is 10.0. The molecule has 0 amide bonds. The number of azo groups is 1. The minimum absolute atomic E-state index is 0.00936. The lowest BCUT2D eigenvalue weighted by molar-refractivity contribution is 0.0917. The van der Waals surface area contributed by atoms with Gasteiger partial charge in [-0.2, -0.15) is 9.80 Å². The third kappa shape index (κ3) is 3.16. The molecule has 0 atom stereocenters. The lowest BCUT2D eigenvalue weighted by Gasteiger charge is -2.01. The van der Waals surface area contributed by atoms with Crippen LogP contribution in [0.2, 0.25) is 0 Å². The van der Waals surface area contributed by atoms with E-state index in [0.717, 1.165) is 10.4 Å². The number of nitrogen functional groups attached to an aromatic ring is 1. The second kappa shape index (κ2) is 6.04. The molecule has 2 aromatic rings. The first-order valence-electron chi connectivity index (χ1n) is 6.29. The smallest absolute Gasteiger partial charge is 0.303 e. The van der Waals surface area contributed by atoms with Gasteiger partial charge in [0.25, 0.3) is 0 Å². The lowest BCUT2D eigenvalue weighted by atomic mass is 10.3. The number of carbonyl (C=O) groups excluding carboxylic acids is 1. The number of H-pyrrole nitrogens is 1. The van der Waals surface area contributed by atoms with Crippen molar-refractivity contribution in [3.63, 3.8) is 0 Å². The molecule has 0 unspecified atom stereocenters. The number of benzene rings is 1. The molecule has 0 spiro atoms. The predicted octanol–water partition coefficient (Wildman–Crippen LogP) is 2.23. The Morgan fingerprint density at radius 3 is 2.52 bits per heavy atom. The highest BCUT2D eigenvalue weighted by Crippen LogP contribution is 2.21. The Kier molecular flexibility index (Phi) is 4.17.